The molecule has 0 amide bonds. The molecule has 0 aliphatic carbocycles. The van der Waals surface area contributed by atoms with E-state index in [-0.39, 0.29) is 5.82 Å². The number of benzene rings is 1. The molecule has 0 bridgehead atoms. The summed E-state index contributed by atoms with van der Waals surface area (Å²) in [5.41, 5.74) is 6.81. The van der Waals surface area contributed by atoms with E-state index in [1.807, 2.05) is 18.9 Å². The Morgan fingerprint density at radius 3 is 2.53 bits per heavy atom. The lowest BCUT2D eigenvalue weighted by molar-refractivity contribution is 0.627. The molecule has 0 spiro atoms. The summed E-state index contributed by atoms with van der Waals surface area (Å²) in [5.74, 6) is 1.81. The Morgan fingerprint density at radius 2 is 2.00 bits per heavy atom. The Kier molecular flexibility index (Phi) is 2.99. The summed E-state index contributed by atoms with van der Waals surface area (Å²) in [6, 6.07) is 6.40. The van der Waals surface area contributed by atoms with E-state index in [0.717, 1.165) is 11.4 Å². The molecule has 0 saturated heterocycles. The second-order valence-electron chi connectivity index (χ2n) is 4.04. The predicted octanol–water partition coefficient (Wildman–Crippen LogP) is 2.08. The normalized spacial score (nSPS) is 10.5. The van der Waals surface area contributed by atoms with Gasteiger partial charge in [0.25, 0.3) is 0 Å². The van der Waals surface area contributed by atoms with E-state index in [0.29, 0.717) is 18.2 Å². The van der Waals surface area contributed by atoms with Gasteiger partial charge in [-0.15, -0.1) is 0 Å². The highest BCUT2D eigenvalue weighted by atomic mass is 19.1. The molecule has 0 unspecified atom stereocenters. The maximum atomic E-state index is 12.8. The third-order valence-electron chi connectivity index (χ3n) is 2.52. The van der Waals surface area contributed by atoms with Gasteiger partial charge in [0.05, 0.1) is 0 Å². The second kappa shape index (κ2) is 4.45. The first-order chi connectivity index (χ1) is 8.06. The lowest BCUT2D eigenvalue weighted by Crippen LogP contribution is -2.18. The number of aromatic nitrogens is 2. The van der Waals surface area contributed by atoms with Crippen molar-refractivity contribution in [2.24, 2.45) is 0 Å². The maximum absolute atomic E-state index is 12.8. The smallest absolute Gasteiger partial charge is 0.171 e. The largest absolute Gasteiger partial charge is 0.382 e. The van der Waals surface area contributed by atoms with E-state index in [1.165, 1.54) is 12.1 Å². The molecule has 0 saturated carbocycles. The van der Waals surface area contributed by atoms with Gasteiger partial charge in [0.1, 0.15) is 17.5 Å². The Labute approximate surface area is 99.3 Å². The van der Waals surface area contributed by atoms with Crippen molar-refractivity contribution in [1.82, 2.24) is 9.97 Å². The van der Waals surface area contributed by atoms with Crippen LogP contribution in [-0.2, 0) is 6.54 Å². The zero-order chi connectivity index (χ0) is 12.4. The van der Waals surface area contributed by atoms with E-state index in [9.17, 15) is 4.39 Å². The summed E-state index contributed by atoms with van der Waals surface area (Å²) < 4.78 is 12.8. The number of nitrogens with one attached hydrogen (secondary N) is 1. The van der Waals surface area contributed by atoms with Crippen LogP contribution in [0.15, 0.2) is 24.3 Å². The molecule has 90 valence electrons. The fourth-order valence-corrected chi connectivity index (χ4v) is 1.73. The van der Waals surface area contributed by atoms with Crippen LogP contribution in [0.5, 0.6) is 0 Å². The number of hydrogen-bond donors (Lipinski definition) is 2. The summed E-state index contributed by atoms with van der Waals surface area (Å²) in [7, 11) is 1.90. The molecular formula is C12H15FN4. The van der Waals surface area contributed by atoms with Gasteiger partial charge in [-0.2, -0.15) is 0 Å². The number of aromatic amines is 1. The van der Waals surface area contributed by atoms with Crippen molar-refractivity contribution < 1.29 is 4.39 Å². The van der Waals surface area contributed by atoms with Gasteiger partial charge in [0.2, 0.25) is 0 Å². The van der Waals surface area contributed by atoms with Crippen LogP contribution < -0.4 is 10.6 Å². The number of rotatable bonds is 3. The molecular weight excluding hydrogens is 219 g/mol. The highest BCUT2D eigenvalue weighted by Gasteiger charge is 2.10. The van der Waals surface area contributed by atoms with Gasteiger partial charge >= 0.3 is 0 Å². The lowest BCUT2D eigenvalue weighted by Gasteiger charge is -2.17. The van der Waals surface area contributed by atoms with Crippen molar-refractivity contribution in [3.05, 3.63) is 41.5 Å². The quantitative estimate of drug-likeness (QED) is 0.854. The van der Waals surface area contributed by atoms with Gasteiger partial charge in [0, 0.05) is 13.6 Å². The molecule has 17 heavy (non-hydrogen) atoms. The minimum absolute atomic E-state index is 0.230. The van der Waals surface area contributed by atoms with E-state index < -0.39 is 0 Å². The van der Waals surface area contributed by atoms with Crippen LogP contribution in [0.1, 0.15) is 11.4 Å². The van der Waals surface area contributed by atoms with E-state index in [4.69, 9.17) is 5.73 Å². The van der Waals surface area contributed by atoms with Gasteiger partial charge in [-0.3, -0.25) is 0 Å². The molecule has 1 aromatic carbocycles. The molecule has 0 aliphatic heterocycles. The van der Waals surface area contributed by atoms with Crippen molar-refractivity contribution in [1.29, 1.82) is 0 Å². The second-order valence-corrected chi connectivity index (χ2v) is 4.04. The monoisotopic (exact) mass is 234 g/mol. The Morgan fingerprint density at radius 1 is 1.35 bits per heavy atom. The van der Waals surface area contributed by atoms with Crippen molar-refractivity contribution in [3.63, 3.8) is 0 Å². The lowest BCUT2D eigenvalue weighted by atomic mass is 10.2. The molecule has 2 aromatic rings. The van der Waals surface area contributed by atoms with Crippen LogP contribution in [0.4, 0.5) is 16.0 Å². The fraction of sp³-hybridized carbons (Fsp3) is 0.250. The summed E-state index contributed by atoms with van der Waals surface area (Å²) in [4.78, 5) is 9.17. The molecule has 1 aromatic heterocycles. The van der Waals surface area contributed by atoms with Crippen LogP contribution in [0.25, 0.3) is 0 Å². The highest BCUT2D eigenvalue weighted by molar-refractivity contribution is 5.58. The van der Waals surface area contributed by atoms with E-state index >= 15 is 0 Å². The van der Waals surface area contributed by atoms with Gasteiger partial charge < -0.3 is 15.6 Å². The SMILES string of the molecule is Cc1nc(N(C)Cc2ccc(F)cc2)c(N)[nH]1. The zero-order valence-corrected chi connectivity index (χ0v) is 9.87. The van der Waals surface area contributed by atoms with Crippen molar-refractivity contribution in [2.45, 2.75) is 13.5 Å². The van der Waals surface area contributed by atoms with Crippen LogP contribution >= 0.6 is 0 Å². The summed E-state index contributed by atoms with van der Waals surface area (Å²) >= 11 is 0. The van der Waals surface area contributed by atoms with Gasteiger partial charge in [-0.25, -0.2) is 9.37 Å². The Bertz CT molecular complexity index is 504. The number of hydrogen-bond acceptors (Lipinski definition) is 3. The topological polar surface area (TPSA) is 57.9 Å². The number of H-pyrrole nitrogens is 1. The van der Waals surface area contributed by atoms with Crippen LogP contribution in [0, 0.1) is 12.7 Å². The molecule has 4 nitrogen and oxygen atoms in total. The third kappa shape index (κ3) is 2.55. The van der Waals surface area contributed by atoms with Crippen LogP contribution in [-0.4, -0.2) is 17.0 Å². The van der Waals surface area contributed by atoms with Gasteiger partial charge in [-0.05, 0) is 24.6 Å². The molecule has 2 rings (SSSR count). The average Bonchev–Trinajstić information content (AvgIpc) is 2.61. The molecule has 5 heteroatoms. The number of nitrogen functional groups attached to an aromatic ring is 1. The minimum Gasteiger partial charge on any atom is -0.382 e. The number of halogens is 1. The first kappa shape index (κ1) is 11.4. The Balaban J connectivity index is 2.14. The number of aryl methyl sites for hydroxylation is 1. The summed E-state index contributed by atoms with van der Waals surface area (Å²) in [5, 5.41) is 0. The number of nitrogens with zero attached hydrogens (tertiary/aromatic N) is 2. The fourth-order valence-electron chi connectivity index (χ4n) is 1.73. The van der Waals surface area contributed by atoms with Gasteiger partial charge in [-0.1, -0.05) is 12.1 Å². The molecule has 0 aliphatic rings. The highest BCUT2D eigenvalue weighted by Crippen LogP contribution is 2.20. The van der Waals surface area contributed by atoms with E-state index in [2.05, 4.69) is 9.97 Å². The van der Waals surface area contributed by atoms with Crippen LogP contribution in [0.2, 0.25) is 0 Å². The molecule has 3 N–H and O–H groups in total. The third-order valence-corrected chi connectivity index (χ3v) is 2.52. The summed E-state index contributed by atoms with van der Waals surface area (Å²) in [6.45, 7) is 2.49. The van der Waals surface area contributed by atoms with Crippen molar-refractivity contribution in [2.75, 3.05) is 17.7 Å². The number of nitrogens with two attached hydrogens (primary N) is 1. The molecule has 1 heterocycles. The van der Waals surface area contributed by atoms with E-state index in [1.54, 1.807) is 12.1 Å². The number of anilines is 2. The Hall–Kier alpha value is -2.04. The molecule has 0 atom stereocenters. The van der Waals surface area contributed by atoms with Crippen molar-refractivity contribution in [3.8, 4) is 0 Å². The minimum atomic E-state index is -0.230. The first-order valence-corrected chi connectivity index (χ1v) is 5.34. The standard InChI is InChI=1S/C12H15FN4/c1-8-15-11(14)12(16-8)17(2)7-9-3-5-10(13)6-4-9/h3-6H,7,14H2,1-2H3,(H,15,16). The van der Waals surface area contributed by atoms with Crippen molar-refractivity contribution >= 4 is 11.6 Å². The zero-order valence-electron chi connectivity index (χ0n) is 9.87. The maximum Gasteiger partial charge on any atom is 0.171 e. The van der Waals surface area contributed by atoms with Crippen LogP contribution in [0.3, 0.4) is 0 Å². The predicted molar refractivity (Wildman–Crippen MR) is 66.2 cm³/mol. The number of imidazole rings is 1. The average molecular weight is 234 g/mol. The molecule has 0 fully saturated rings. The summed E-state index contributed by atoms with van der Waals surface area (Å²) in [6.07, 6.45) is 0. The first-order valence-electron chi connectivity index (χ1n) is 5.34. The van der Waals surface area contributed by atoms with Gasteiger partial charge in [0.15, 0.2) is 5.82 Å². The molecule has 0 radical (unpaired) electrons.